The zero-order valence-corrected chi connectivity index (χ0v) is 33.5. The maximum absolute atomic E-state index is 5.79. The summed E-state index contributed by atoms with van der Waals surface area (Å²) in [6, 6.07) is 11.4. The van der Waals surface area contributed by atoms with Gasteiger partial charge >= 0.3 is 5.91 Å². The number of hydrogen-bond acceptors (Lipinski definition) is 4. The summed E-state index contributed by atoms with van der Waals surface area (Å²) in [5.41, 5.74) is 20.1. The second kappa shape index (κ2) is 11.7. The number of nitrogens with zero attached hydrogens (tertiary/aromatic N) is 8. The summed E-state index contributed by atoms with van der Waals surface area (Å²) in [5.74, 6) is 4.66. The first-order chi connectivity index (χ1) is 25.9. The number of hydrogen-bond donors (Lipinski definition) is 0. The van der Waals surface area contributed by atoms with Crippen LogP contribution in [0.4, 0.5) is 11.6 Å². The van der Waals surface area contributed by atoms with Crippen LogP contribution in [0.25, 0.3) is 21.5 Å². The minimum atomic E-state index is -1.00. The molecule has 8 nitrogen and oxygen atoms in total. The van der Waals surface area contributed by atoms with E-state index < -0.39 is 5.91 Å². The number of aromatic nitrogens is 2. The molecule has 0 aliphatic carbocycles. The molecule has 2 aromatic heterocycles. The number of aryl methyl sites for hydroxylation is 9. The summed E-state index contributed by atoms with van der Waals surface area (Å²) in [5, 5.41) is 4.65. The average Bonchev–Trinajstić information content (AvgIpc) is 3.87. The third-order valence-electron chi connectivity index (χ3n) is 13.3. The van der Waals surface area contributed by atoms with E-state index in [2.05, 4.69) is 125 Å². The molecule has 0 bridgehead atoms. The van der Waals surface area contributed by atoms with Crippen molar-refractivity contribution in [1.29, 1.82) is 0 Å². The van der Waals surface area contributed by atoms with Gasteiger partial charge in [0.05, 0.1) is 43.8 Å². The molecule has 0 saturated heterocycles. The summed E-state index contributed by atoms with van der Waals surface area (Å²) in [6.07, 6.45) is 0. The first-order valence-electron chi connectivity index (χ1n) is 19.4. The van der Waals surface area contributed by atoms with Crippen molar-refractivity contribution in [3.63, 3.8) is 0 Å². The Kier molecular flexibility index (Phi) is 7.80. The molecule has 8 heteroatoms. The van der Waals surface area contributed by atoms with Crippen LogP contribution in [0.5, 0.6) is 0 Å². The molecule has 12 rings (SSSR count). The van der Waals surface area contributed by atoms with E-state index in [1.807, 2.05) is 13.8 Å². The molecule has 57 heavy (non-hydrogen) atoms. The molecular weight excluding hydrogens is 701 g/mol. The zero-order chi connectivity index (χ0) is 37.8. The number of amidine groups is 4. The lowest BCUT2D eigenvalue weighted by atomic mass is 9.93. The quantitative estimate of drug-likeness (QED) is 0.139. The predicted octanol–water partition coefficient (Wildman–Crippen LogP) is 10.0. The van der Waals surface area contributed by atoms with Crippen molar-refractivity contribution >= 4 is 56.5 Å². The minimum Gasteiger partial charge on any atom is -0.192 e. The highest BCUT2D eigenvalue weighted by Crippen LogP contribution is 2.55. The molecule has 290 valence electrons. The monoisotopic (exact) mass is 756 g/mol. The minimum absolute atomic E-state index is 0. The Morgan fingerprint density at radius 2 is 0.860 bits per heavy atom. The van der Waals surface area contributed by atoms with Crippen LogP contribution in [0.15, 0.2) is 50.3 Å². The summed E-state index contributed by atoms with van der Waals surface area (Å²) >= 11 is 0. The standard InChI is InChI=1S/C44H38N8.C2H6.3CH4/c1-17-12-13-18(2)29-28(17)36-45-38-31-23(7)15-20(4)26(10)34(31)42-48-43-35-27(11)21(5)16-24(8)32(35)40-46-39-30-22(6)14-19(3)25(9)33(30)41-47-37(29)49(36)44(50(39)41,51(38)42)52(40)43;1-2;;;/h12-16H,1-11H3;1-2H3;3*1H4/q+2;;;;/t44-;;;;/m1..../s1. The molecule has 4 aromatic carbocycles. The van der Waals surface area contributed by atoms with E-state index in [4.69, 9.17) is 20.0 Å². The second-order valence-corrected chi connectivity index (χ2v) is 16.1. The number of rotatable bonds is 0. The fourth-order valence-electron chi connectivity index (χ4n) is 10.6. The molecular formula is C49H56N8+2. The van der Waals surface area contributed by atoms with Gasteiger partial charge in [-0.25, -0.2) is 0 Å². The van der Waals surface area contributed by atoms with Gasteiger partial charge in [-0.05, 0) is 137 Å². The summed E-state index contributed by atoms with van der Waals surface area (Å²) in [6.45, 7) is 28.6. The summed E-state index contributed by atoms with van der Waals surface area (Å²) < 4.78 is 9.81. The van der Waals surface area contributed by atoms with E-state index in [1.54, 1.807) is 0 Å². The Labute approximate surface area is 336 Å². The topological polar surface area (TPSA) is 65.3 Å². The van der Waals surface area contributed by atoms with Crippen LogP contribution in [0.1, 0.15) is 120 Å². The lowest BCUT2D eigenvalue weighted by Gasteiger charge is -2.40. The Balaban J connectivity index is 0.000000897. The van der Waals surface area contributed by atoms with E-state index in [1.165, 1.54) is 77.7 Å². The van der Waals surface area contributed by atoms with Gasteiger partial charge in [-0.1, -0.05) is 86.4 Å². The lowest BCUT2D eigenvalue weighted by molar-refractivity contribution is -0.790. The molecule has 0 saturated carbocycles. The van der Waals surface area contributed by atoms with Crippen molar-refractivity contribution in [1.82, 2.24) is 9.13 Å². The first kappa shape index (κ1) is 38.1. The van der Waals surface area contributed by atoms with Gasteiger partial charge in [0, 0.05) is 0 Å². The predicted molar refractivity (Wildman–Crippen MR) is 237 cm³/mol. The number of aliphatic imine (C=N–C) groups is 2. The molecule has 8 heterocycles. The molecule has 0 radical (unpaired) electrons. The Morgan fingerprint density at radius 1 is 0.421 bits per heavy atom. The van der Waals surface area contributed by atoms with Crippen molar-refractivity contribution in [2.24, 2.45) is 20.0 Å². The second-order valence-electron chi connectivity index (χ2n) is 16.1. The van der Waals surface area contributed by atoms with Crippen LogP contribution in [0, 0.1) is 76.2 Å². The van der Waals surface area contributed by atoms with Crippen molar-refractivity contribution < 1.29 is 9.15 Å². The fraction of sp³-hybridized carbons (Fsp3) is 0.347. The van der Waals surface area contributed by atoms with Crippen molar-refractivity contribution in [3.05, 3.63) is 125 Å². The molecule has 6 aromatic rings. The van der Waals surface area contributed by atoms with Crippen molar-refractivity contribution in [3.8, 4) is 0 Å². The van der Waals surface area contributed by atoms with Gasteiger partial charge in [-0.3, -0.25) is 0 Å². The SMILES string of the molecule is C.C.C.CC.Cc1cc(C)c2c(c1C)C1=Nc3c4c(C)c(C)cc(C)c4c4n3[C@]35n6c(c7c(C)ccc(C)c7c6=NC6=[N+]3C(=N4)c3c(C)cc(C)c(C)c36)=NC2=[N+]15. The van der Waals surface area contributed by atoms with Gasteiger partial charge in [-0.15, -0.1) is 9.15 Å². The maximum atomic E-state index is 5.79. The van der Waals surface area contributed by atoms with Gasteiger partial charge in [0.15, 0.2) is 0 Å². The smallest absolute Gasteiger partial charge is 0.192 e. The van der Waals surface area contributed by atoms with Crippen LogP contribution in [0.3, 0.4) is 0 Å². The molecule has 0 N–H and O–H groups in total. The average molecular weight is 757 g/mol. The van der Waals surface area contributed by atoms with Crippen LogP contribution in [-0.4, -0.2) is 41.6 Å². The van der Waals surface area contributed by atoms with E-state index in [0.717, 1.165) is 73.2 Å². The van der Waals surface area contributed by atoms with E-state index >= 15 is 0 Å². The lowest BCUT2D eigenvalue weighted by Crippen LogP contribution is -2.71. The zero-order valence-electron chi connectivity index (χ0n) is 33.5. The Hall–Kier alpha value is -5.76. The molecule has 1 spiro atoms. The summed E-state index contributed by atoms with van der Waals surface area (Å²) in [7, 11) is 0. The molecule has 6 aliphatic heterocycles. The third-order valence-corrected chi connectivity index (χ3v) is 13.3. The van der Waals surface area contributed by atoms with Gasteiger partial charge in [0.2, 0.25) is 22.6 Å². The number of fused-ring (bicyclic) bond motifs is 12. The van der Waals surface area contributed by atoms with Gasteiger partial charge in [0.1, 0.15) is 0 Å². The normalized spacial score (nSPS) is 17.6. The molecule has 1 atom stereocenters. The Bertz CT molecular complexity index is 3230. The highest BCUT2D eigenvalue weighted by molar-refractivity contribution is 6.22. The van der Waals surface area contributed by atoms with E-state index in [0.29, 0.717) is 0 Å². The van der Waals surface area contributed by atoms with Crippen LogP contribution in [-0.2, 0) is 5.91 Å². The van der Waals surface area contributed by atoms with Gasteiger partial charge in [0.25, 0.3) is 23.3 Å². The van der Waals surface area contributed by atoms with Crippen LogP contribution < -0.4 is 11.0 Å². The first-order valence-corrected chi connectivity index (χ1v) is 19.4. The van der Waals surface area contributed by atoms with Crippen LogP contribution >= 0.6 is 0 Å². The van der Waals surface area contributed by atoms with Gasteiger partial charge < -0.3 is 0 Å². The Morgan fingerprint density at radius 3 is 1.42 bits per heavy atom. The third kappa shape index (κ3) is 3.81. The largest absolute Gasteiger partial charge is 0.404 e. The van der Waals surface area contributed by atoms with E-state index in [9.17, 15) is 0 Å². The number of benzene rings is 4. The molecule has 6 aliphatic rings. The maximum Gasteiger partial charge on any atom is 0.404 e. The molecule has 0 unspecified atom stereocenters. The highest BCUT2D eigenvalue weighted by Gasteiger charge is 2.70. The van der Waals surface area contributed by atoms with E-state index in [-0.39, 0.29) is 22.3 Å². The van der Waals surface area contributed by atoms with Crippen molar-refractivity contribution in [2.45, 2.75) is 118 Å². The highest BCUT2D eigenvalue weighted by atomic mass is 15.7. The summed E-state index contributed by atoms with van der Waals surface area (Å²) in [4.78, 5) is 23.1. The molecule has 0 fully saturated rings. The van der Waals surface area contributed by atoms with Crippen molar-refractivity contribution in [2.75, 3.05) is 0 Å². The molecule has 0 amide bonds. The van der Waals surface area contributed by atoms with Gasteiger partial charge in [-0.2, -0.15) is 9.13 Å². The fourth-order valence-corrected chi connectivity index (χ4v) is 10.6. The van der Waals surface area contributed by atoms with Crippen LogP contribution in [0.2, 0.25) is 0 Å².